The van der Waals surface area contributed by atoms with Gasteiger partial charge < -0.3 is 24.4 Å². The molecule has 0 atom stereocenters. The van der Waals surface area contributed by atoms with Crippen LogP contribution in [0.2, 0.25) is 0 Å². The molecule has 3 N–H and O–H groups in total. The number of aliphatic hydroxyl groups is 2. The molecule has 0 rings (SSSR count). The molecule has 0 aromatic heterocycles. The van der Waals surface area contributed by atoms with Crippen molar-refractivity contribution in [3.8, 4) is 0 Å². The fraction of sp³-hybridized carbons (Fsp3) is 1.00. The molecule has 10 heteroatoms. The minimum atomic E-state index is -4.23. The molecule has 0 radical (unpaired) electrons. The van der Waals surface area contributed by atoms with Gasteiger partial charge in [-0.25, -0.2) is 4.18 Å². The fourth-order valence-electron chi connectivity index (χ4n) is 2.41. The van der Waals surface area contributed by atoms with E-state index in [-0.39, 0.29) is 19.8 Å². The zero-order chi connectivity index (χ0) is 24.8. The third-order valence-electron chi connectivity index (χ3n) is 3.98. The molecule has 0 saturated heterocycles. The molecular weight excluding hydrogens is 440 g/mol. The van der Waals surface area contributed by atoms with Crippen molar-refractivity contribution in [3.05, 3.63) is 0 Å². The Morgan fingerprint density at radius 1 is 0.562 bits per heavy atom. The molecule has 9 nitrogen and oxygen atoms in total. The highest BCUT2D eigenvalue weighted by Gasteiger charge is 2.02. The zero-order valence-electron chi connectivity index (χ0n) is 20.6. The van der Waals surface area contributed by atoms with Crippen LogP contribution in [-0.2, 0) is 28.8 Å². The summed E-state index contributed by atoms with van der Waals surface area (Å²) < 4.78 is 47.6. The Bertz CT molecular complexity index is 396. The first-order valence-electron chi connectivity index (χ1n) is 12.0. The lowest BCUT2D eigenvalue weighted by Gasteiger charge is -2.02. The van der Waals surface area contributed by atoms with Crippen molar-refractivity contribution < 1.29 is 41.6 Å². The van der Waals surface area contributed by atoms with Gasteiger partial charge in [0.05, 0.1) is 46.2 Å². The van der Waals surface area contributed by atoms with Crippen LogP contribution in [0.3, 0.4) is 0 Å². The molecule has 0 aromatic carbocycles. The Kier molecular flexibility index (Phi) is 37.2. The molecule has 0 fully saturated rings. The van der Waals surface area contributed by atoms with Crippen LogP contribution >= 0.6 is 0 Å². The second-order valence-electron chi connectivity index (χ2n) is 6.89. The van der Waals surface area contributed by atoms with Gasteiger partial charge in [-0.15, -0.1) is 0 Å². The van der Waals surface area contributed by atoms with E-state index in [0.29, 0.717) is 32.8 Å². The predicted octanol–water partition coefficient (Wildman–Crippen LogP) is 3.77. The minimum Gasteiger partial charge on any atom is -0.394 e. The van der Waals surface area contributed by atoms with Gasteiger partial charge in [-0.3, -0.25) is 4.55 Å². The molecular formula is C22H50O9S. The van der Waals surface area contributed by atoms with Gasteiger partial charge in [-0.1, -0.05) is 64.7 Å². The van der Waals surface area contributed by atoms with Crippen molar-refractivity contribution in [3.63, 3.8) is 0 Å². The molecule has 0 bridgehead atoms. The highest BCUT2D eigenvalue weighted by molar-refractivity contribution is 7.80. The van der Waals surface area contributed by atoms with Crippen molar-refractivity contribution in [2.45, 2.75) is 85.0 Å². The normalized spacial score (nSPS) is 10.8. The molecule has 0 heterocycles. The summed E-state index contributed by atoms with van der Waals surface area (Å²) in [5.74, 6) is 0. The maximum absolute atomic E-state index is 10.2. The lowest BCUT2D eigenvalue weighted by molar-refractivity contribution is 0.0222. The van der Waals surface area contributed by atoms with Crippen LogP contribution in [0.1, 0.15) is 85.0 Å². The number of hydrogen-bond donors (Lipinski definition) is 3. The highest BCUT2D eigenvalue weighted by atomic mass is 32.3. The van der Waals surface area contributed by atoms with Gasteiger partial charge in [0.1, 0.15) is 0 Å². The van der Waals surface area contributed by atoms with Crippen LogP contribution in [0, 0.1) is 0 Å². The minimum absolute atomic E-state index is 0.0417. The van der Waals surface area contributed by atoms with Gasteiger partial charge in [0.25, 0.3) is 0 Å². The first kappa shape index (κ1) is 36.2. The van der Waals surface area contributed by atoms with Gasteiger partial charge in [-0.2, -0.15) is 8.42 Å². The summed E-state index contributed by atoms with van der Waals surface area (Å²) in [5.41, 5.74) is 0. The summed E-state index contributed by atoms with van der Waals surface area (Å²) in [7, 11) is -4.23. The largest absolute Gasteiger partial charge is 0.397 e. The summed E-state index contributed by atoms with van der Waals surface area (Å²) in [6.45, 7) is 9.70. The Hall–Kier alpha value is -0.330. The SMILES string of the molecule is CCCCCCCCCCCCOS(=O)(=O)O.CCOCC.OCCOCCOCCO. The second kappa shape index (κ2) is 32.8. The first-order chi connectivity index (χ1) is 15.4. The van der Waals surface area contributed by atoms with E-state index in [1.807, 2.05) is 13.8 Å². The van der Waals surface area contributed by atoms with E-state index in [4.69, 9.17) is 29.0 Å². The van der Waals surface area contributed by atoms with Crippen LogP contribution < -0.4 is 0 Å². The number of hydrogen-bond acceptors (Lipinski definition) is 8. The maximum atomic E-state index is 10.2. The smallest absolute Gasteiger partial charge is 0.394 e. The van der Waals surface area contributed by atoms with Crippen LogP contribution in [-0.4, -0.2) is 82.6 Å². The molecule has 0 aliphatic carbocycles. The molecule has 0 spiro atoms. The third kappa shape index (κ3) is 47.5. The van der Waals surface area contributed by atoms with E-state index >= 15 is 0 Å². The maximum Gasteiger partial charge on any atom is 0.397 e. The van der Waals surface area contributed by atoms with Crippen LogP contribution in [0.15, 0.2) is 0 Å². The van der Waals surface area contributed by atoms with E-state index in [0.717, 1.165) is 26.1 Å². The Morgan fingerprint density at radius 3 is 1.28 bits per heavy atom. The fourth-order valence-corrected chi connectivity index (χ4v) is 2.74. The van der Waals surface area contributed by atoms with Crippen LogP contribution in [0.4, 0.5) is 0 Å². The van der Waals surface area contributed by atoms with Crippen molar-refractivity contribution >= 4 is 10.4 Å². The van der Waals surface area contributed by atoms with Gasteiger partial charge in [0, 0.05) is 13.2 Å². The number of aliphatic hydroxyl groups excluding tert-OH is 2. The standard InChI is InChI=1S/C12H26O4S.C6H14O4.C4H10O/c1-2-3-4-5-6-7-8-9-10-11-12-16-17(13,14)15;7-1-3-9-5-6-10-4-2-8;1-3-5-4-2/h2-12H2,1H3,(H,13,14,15);7-8H,1-6H2;3-4H2,1-2H3. The molecule has 0 aliphatic rings. The van der Waals surface area contributed by atoms with E-state index in [2.05, 4.69) is 11.1 Å². The van der Waals surface area contributed by atoms with Crippen molar-refractivity contribution in [1.82, 2.24) is 0 Å². The highest BCUT2D eigenvalue weighted by Crippen LogP contribution is 2.10. The van der Waals surface area contributed by atoms with Gasteiger partial charge in [0.15, 0.2) is 0 Å². The summed E-state index contributed by atoms with van der Waals surface area (Å²) in [6.07, 6.45) is 11.9. The first-order valence-corrected chi connectivity index (χ1v) is 13.3. The number of unbranched alkanes of at least 4 members (excludes halogenated alkanes) is 9. The van der Waals surface area contributed by atoms with Gasteiger partial charge in [-0.05, 0) is 20.3 Å². The summed E-state index contributed by atoms with van der Waals surface area (Å²) in [5, 5.41) is 16.5. The third-order valence-corrected chi connectivity index (χ3v) is 4.45. The van der Waals surface area contributed by atoms with Crippen molar-refractivity contribution in [2.24, 2.45) is 0 Å². The molecule has 0 saturated carbocycles. The van der Waals surface area contributed by atoms with Gasteiger partial charge in [0.2, 0.25) is 0 Å². The molecule has 32 heavy (non-hydrogen) atoms. The molecule has 198 valence electrons. The Labute approximate surface area is 196 Å². The quantitative estimate of drug-likeness (QED) is 0.162. The average molecular weight is 491 g/mol. The van der Waals surface area contributed by atoms with Crippen molar-refractivity contribution in [2.75, 3.05) is 59.5 Å². The Balaban J connectivity index is -0.000000471. The summed E-state index contributed by atoms with van der Waals surface area (Å²) >= 11 is 0. The summed E-state index contributed by atoms with van der Waals surface area (Å²) in [4.78, 5) is 0. The van der Waals surface area contributed by atoms with Crippen LogP contribution in [0.5, 0.6) is 0 Å². The van der Waals surface area contributed by atoms with Crippen molar-refractivity contribution in [1.29, 1.82) is 0 Å². The summed E-state index contributed by atoms with van der Waals surface area (Å²) in [6, 6.07) is 0. The average Bonchev–Trinajstić information content (AvgIpc) is 2.75. The number of rotatable bonds is 21. The Morgan fingerprint density at radius 2 is 0.969 bits per heavy atom. The van der Waals surface area contributed by atoms with E-state index in [1.54, 1.807) is 0 Å². The van der Waals surface area contributed by atoms with Gasteiger partial charge >= 0.3 is 10.4 Å². The van der Waals surface area contributed by atoms with E-state index in [9.17, 15) is 8.42 Å². The second-order valence-corrected chi connectivity index (χ2v) is 7.98. The molecule has 0 aromatic rings. The molecule has 0 unspecified atom stereocenters. The lowest BCUT2D eigenvalue weighted by atomic mass is 10.1. The molecule has 0 amide bonds. The number of ether oxygens (including phenoxy) is 3. The zero-order valence-corrected chi connectivity index (χ0v) is 21.5. The topological polar surface area (TPSA) is 132 Å². The van der Waals surface area contributed by atoms with Crippen LogP contribution in [0.25, 0.3) is 0 Å². The molecule has 0 aliphatic heterocycles. The van der Waals surface area contributed by atoms with E-state index in [1.165, 1.54) is 44.9 Å². The van der Waals surface area contributed by atoms with E-state index < -0.39 is 10.4 Å². The lowest BCUT2D eigenvalue weighted by Crippen LogP contribution is -2.09. The monoisotopic (exact) mass is 490 g/mol. The predicted molar refractivity (Wildman–Crippen MR) is 127 cm³/mol.